The number of halogens is 3. The molecule has 2 aromatic carbocycles. The molecule has 1 aliphatic carbocycles. The highest BCUT2D eigenvalue weighted by Crippen LogP contribution is 2.43. The lowest BCUT2D eigenvalue weighted by Gasteiger charge is -2.26. The molecule has 0 radical (unpaired) electrons. The summed E-state index contributed by atoms with van der Waals surface area (Å²) in [6, 6.07) is 7.73. The average Bonchev–Trinajstić information content (AvgIpc) is 3.22. The van der Waals surface area contributed by atoms with E-state index in [1.54, 1.807) is 31.2 Å². The number of fused-ring (bicyclic) bond motifs is 5. The predicted octanol–water partition coefficient (Wildman–Crippen LogP) is 4.25. The van der Waals surface area contributed by atoms with Gasteiger partial charge in [0.25, 0.3) is 5.91 Å². The summed E-state index contributed by atoms with van der Waals surface area (Å²) >= 11 is 0. The largest absolute Gasteiger partial charge is 0.418 e. The lowest BCUT2D eigenvalue weighted by molar-refractivity contribution is -0.136. The maximum Gasteiger partial charge on any atom is 0.418 e. The first kappa shape index (κ1) is 25.2. The molecular weight excluding hydrogens is 483 g/mol. The number of aliphatic hydroxyl groups is 1. The van der Waals surface area contributed by atoms with Crippen LogP contribution in [0.5, 0.6) is 0 Å². The van der Waals surface area contributed by atoms with E-state index in [1.807, 2.05) is 19.0 Å². The molecular formula is C27H28F3N5O2. The summed E-state index contributed by atoms with van der Waals surface area (Å²) < 4.78 is 42.6. The molecule has 1 atom stereocenters. The highest BCUT2D eigenvalue weighted by molar-refractivity contribution is 6.10. The van der Waals surface area contributed by atoms with Gasteiger partial charge in [-0.2, -0.15) is 18.3 Å². The minimum absolute atomic E-state index is 0.125. The van der Waals surface area contributed by atoms with Gasteiger partial charge in [-0.15, -0.1) is 0 Å². The van der Waals surface area contributed by atoms with Gasteiger partial charge in [-0.3, -0.25) is 9.89 Å². The van der Waals surface area contributed by atoms with Gasteiger partial charge in [0.2, 0.25) is 0 Å². The number of aryl methyl sites for hydroxylation is 2. The Hall–Kier alpha value is -3.50. The van der Waals surface area contributed by atoms with Crippen molar-refractivity contribution < 1.29 is 23.1 Å². The number of pyridine rings is 1. The van der Waals surface area contributed by atoms with Gasteiger partial charge in [0.05, 0.1) is 28.4 Å². The number of benzene rings is 2. The van der Waals surface area contributed by atoms with Crippen molar-refractivity contribution in [1.29, 1.82) is 0 Å². The standard InChI is InChI=1S/C27H28F3N5O2/c1-14-22-21(34-33-14)13-20(27(28,29)30)25-23(22)18-9-8-17(36)12-19(18)24(32-25)15-4-6-16(7-5-15)26(37)31-10-11-35(2)3/h4-7,13,17,36H,8-12H2,1-3H3,(H,31,37)(H,33,34). The fourth-order valence-corrected chi connectivity index (χ4v) is 5.08. The van der Waals surface area contributed by atoms with E-state index in [0.29, 0.717) is 59.2 Å². The molecule has 1 amide bonds. The molecule has 10 heteroatoms. The molecule has 0 saturated carbocycles. The zero-order chi connectivity index (χ0) is 26.5. The van der Waals surface area contributed by atoms with E-state index in [4.69, 9.17) is 0 Å². The first-order chi connectivity index (χ1) is 17.5. The van der Waals surface area contributed by atoms with Crippen molar-refractivity contribution in [2.75, 3.05) is 27.2 Å². The number of aromatic amines is 1. The molecule has 0 fully saturated rings. The molecule has 2 aromatic heterocycles. The summed E-state index contributed by atoms with van der Waals surface area (Å²) in [5, 5.41) is 21.3. The minimum atomic E-state index is -4.62. The number of aliphatic hydroxyl groups excluding tert-OH is 1. The third kappa shape index (κ3) is 4.67. The van der Waals surface area contributed by atoms with Crippen molar-refractivity contribution >= 4 is 27.7 Å². The molecule has 37 heavy (non-hydrogen) atoms. The molecule has 1 unspecified atom stereocenters. The van der Waals surface area contributed by atoms with Crippen LogP contribution in [0.25, 0.3) is 33.1 Å². The number of likely N-dealkylation sites (N-methyl/N-ethyl adjacent to an activating group) is 1. The maximum atomic E-state index is 14.2. The Labute approximate surface area is 211 Å². The number of nitrogens with one attached hydrogen (secondary N) is 2. The van der Waals surface area contributed by atoms with Crippen LogP contribution < -0.4 is 5.32 Å². The number of rotatable bonds is 5. The molecule has 0 bridgehead atoms. The first-order valence-corrected chi connectivity index (χ1v) is 12.2. The first-order valence-electron chi connectivity index (χ1n) is 12.2. The topological polar surface area (TPSA) is 94.1 Å². The lowest BCUT2D eigenvalue weighted by Crippen LogP contribution is -2.31. The maximum absolute atomic E-state index is 14.2. The van der Waals surface area contributed by atoms with Gasteiger partial charge in [-0.25, -0.2) is 4.98 Å². The van der Waals surface area contributed by atoms with E-state index in [1.165, 1.54) is 0 Å². The molecule has 0 spiro atoms. The van der Waals surface area contributed by atoms with Gasteiger partial charge in [-0.1, -0.05) is 12.1 Å². The second kappa shape index (κ2) is 9.42. The van der Waals surface area contributed by atoms with E-state index in [-0.39, 0.29) is 23.4 Å². The van der Waals surface area contributed by atoms with Crippen molar-refractivity contribution in [3.8, 4) is 11.3 Å². The van der Waals surface area contributed by atoms with E-state index < -0.39 is 17.8 Å². The van der Waals surface area contributed by atoms with Crippen LogP contribution in [0.4, 0.5) is 13.2 Å². The Balaban J connectivity index is 1.68. The number of amides is 1. The predicted molar refractivity (Wildman–Crippen MR) is 135 cm³/mol. The van der Waals surface area contributed by atoms with Gasteiger partial charge < -0.3 is 15.3 Å². The third-order valence-corrected chi connectivity index (χ3v) is 6.91. The van der Waals surface area contributed by atoms with Crippen LogP contribution >= 0.6 is 0 Å². The molecule has 5 rings (SSSR count). The minimum Gasteiger partial charge on any atom is -0.393 e. The molecule has 4 aromatic rings. The van der Waals surface area contributed by atoms with Crippen molar-refractivity contribution in [2.24, 2.45) is 0 Å². The summed E-state index contributed by atoms with van der Waals surface area (Å²) in [6.45, 7) is 2.97. The summed E-state index contributed by atoms with van der Waals surface area (Å²) in [5.74, 6) is -0.227. The number of hydrogen-bond acceptors (Lipinski definition) is 5. The van der Waals surface area contributed by atoms with Gasteiger partial charge in [0, 0.05) is 47.1 Å². The molecule has 2 heterocycles. The van der Waals surface area contributed by atoms with Crippen LogP contribution in [0.1, 0.15) is 39.2 Å². The Morgan fingerprint density at radius 1 is 1.19 bits per heavy atom. The summed E-state index contributed by atoms with van der Waals surface area (Å²) in [7, 11) is 3.83. The number of carbonyl (C=O) groups excluding carboxylic acids is 1. The highest BCUT2D eigenvalue weighted by atomic mass is 19.4. The Morgan fingerprint density at radius 2 is 1.92 bits per heavy atom. The molecule has 0 saturated heterocycles. The zero-order valence-electron chi connectivity index (χ0n) is 20.8. The van der Waals surface area contributed by atoms with Crippen LogP contribution in [0.2, 0.25) is 0 Å². The lowest BCUT2D eigenvalue weighted by atomic mass is 9.83. The van der Waals surface area contributed by atoms with Crippen LogP contribution in [-0.4, -0.2) is 64.4 Å². The van der Waals surface area contributed by atoms with Crippen molar-refractivity contribution in [1.82, 2.24) is 25.4 Å². The number of alkyl halides is 3. The van der Waals surface area contributed by atoms with Crippen molar-refractivity contribution in [3.63, 3.8) is 0 Å². The van der Waals surface area contributed by atoms with Crippen LogP contribution in [-0.2, 0) is 19.0 Å². The monoisotopic (exact) mass is 511 g/mol. The van der Waals surface area contributed by atoms with E-state index in [2.05, 4.69) is 20.5 Å². The summed E-state index contributed by atoms with van der Waals surface area (Å²) in [5.41, 5.74) is 2.87. The van der Waals surface area contributed by atoms with E-state index >= 15 is 0 Å². The third-order valence-electron chi connectivity index (χ3n) is 6.91. The van der Waals surface area contributed by atoms with Crippen molar-refractivity contribution in [3.05, 3.63) is 58.3 Å². The van der Waals surface area contributed by atoms with Gasteiger partial charge >= 0.3 is 6.18 Å². The summed E-state index contributed by atoms with van der Waals surface area (Å²) in [4.78, 5) is 19.1. The normalized spacial score (nSPS) is 15.9. The number of aromatic nitrogens is 3. The fraction of sp³-hybridized carbons (Fsp3) is 0.370. The van der Waals surface area contributed by atoms with Gasteiger partial charge in [0.1, 0.15) is 0 Å². The number of H-pyrrole nitrogens is 1. The molecule has 0 aliphatic heterocycles. The van der Waals surface area contributed by atoms with Crippen LogP contribution in [0.3, 0.4) is 0 Å². The zero-order valence-corrected chi connectivity index (χ0v) is 20.8. The Morgan fingerprint density at radius 3 is 2.59 bits per heavy atom. The highest BCUT2D eigenvalue weighted by Gasteiger charge is 2.37. The van der Waals surface area contributed by atoms with Gasteiger partial charge in [-0.05, 0) is 63.2 Å². The number of nitrogens with zero attached hydrogens (tertiary/aromatic N) is 3. The molecule has 3 N–H and O–H groups in total. The number of hydrogen-bond donors (Lipinski definition) is 3. The molecule has 1 aliphatic rings. The van der Waals surface area contributed by atoms with E-state index in [9.17, 15) is 23.1 Å². The fourth-order valence-electron chi connectivity index (χ4n) is 5.08. The smallest absolute Gasteiger partial charge is 0.393 e. The SMILES string of the molecule is Cc1[nH]nc2cc(C(F)(F)F)c3nc(-c4ccc(C(=O)NCCN(C)C)cc4)c4c(c3c12)CCC(O)C4. The quantitative estimate of drug-likeness (QED) is 0.373. The summed E-state index contributed by atoms with van der Waals surface area (Å²) in [6.07, 6.45) is -4.07. The van der Waals surface area contributed by atoms with Gasteiger partial charge in [0.15, 0.2) is 0 Å². The van der Waals surface area contributed by atoms with Crippen LogP contribution in [0, 0.1) is 6.92 Å². The molecule has 7 nitrogen and oxygen atoms in total. The average molecular weight is 512 g/mol. The Kier molecular flexibility index (Phi) is 6.41. The number of carbonyl (C=O) groups is 1. The Bertz CT molecular complexity index is 1490. The molecule has 194 valence electrons. The van der Waals surface area contributed by atoms with Crippen molar-refractivity contribution in [2.45, 2.75) is 38.5 Å². The second-order valence-corrected chi connectivity index (χ2v) is 9.84. The van der Waals surface area contributed by atoms with E-state index in [0.717, 1.165) is 17.2 Å². The van der Waals surface area contributed by atoms with Crippen LogP contribution in [0.15, 0.2) is 30.3 Å². The second-order valence-electron chi connectivity index (χ2n) is 9.84.